The van der Waals surface area contributed by atoms with Gasteiger partial charge in [0.2, 0.25) is 0 Å². The van der Waals surface area contributed by atoms with E-state index in [-0.39, 0.29) is 21.1 Å². The van der Waals surface area contributed by atoms with Gasteiger partial charge in [0.15, 0.2) is 0 Å². The van der Waals surface area contributed by atoms with Crippen LogP contribution in [0.2, 0.25) is 0 Å². The largest absolute Gasteiger partial charge is 2.00 e. The third-order valence-electron chi connectivity index (χ3n) is 2.48. The second-order valence-corrected chi connectivity index (χ2v) is 3.52. The number of aryl methyl sites for hydroxylation is 1. The van der Waals surface area contributed by atoms with E-state index in [0.29, 0.717) is 6.47 Å². The van der Waals surface area contributed by atoms with Crippen molar-refractivity contribution < 1.29 is 31.0 Å². The Morgan fingerprint density at radius 3 is 2.39 bits per heavy atom. The number of nitrogens with one attached hydrogen (secondary N) is 1. The quantitative estimate of drug-likeness (QED) is 0.761. The van der Waals surface area contributed by atoms with Gasteiger partial charge in [-0.15, -0.1) is 11.9 Å². The van der Waals surface area contributed by atoms with Gasteiger partial charge in [-0.3, -0.25) is 0 Å². The second kappa shape index (κ2) is 9.66. The van der Waals surface area contributed by atoms with Gasteiger partial charge in [-0.1, -0.05) is 43.2 Å². The Bertz CT molecular complexity index is 441. The van der Waals surface area contributed by atoms with Crippen molar-refractivity contribution in [1.82, 2.24) is 4.98 Å². The van der Waals surface area contributed by atoms with Crippen molar-refractivity contribution in [1.29, 1.82) is 0 Å². The first kappa shape index (κ1) is 16.7. The molecule has 0 spiro atoms. The monoisotopic (exact) mass is 413 g/mol. The van der Waals surface area contributed by atoms with Crippen molar-refractivity contribution in [3.63, 3.8) is 0 Å². The summed E-state index contributed by atoms with van der Waals surface area (Å²) in [6, 6.07) is 12.6. The van der Waals surface area contributed by atoms with E-state index >= 15 is 0 Å². The zero-order valence-corrected chi connectivity index (χ0v) is 13.1. The molecule has 0 saturated heterocycles. The summed E-state index contributed by atoms with van der Waals surface area (Å²) in [6.07, 6.45) is 5.04. The number of benzene rings is 1. The van der Waals surface area contributed by atoms with E-state index in [0.717, 1.165) is 12.8 Å². The first-order valence-corrected chi connectivity index (χ1v) is 5.43. The van der Waals surface area contributed by atoms with Crippen LogP contribution in [0.25, 0.3) is 0 Å². The van der Waals surface area contributed by atoms with Gasteiger partial charge in [0.25, 0.3) is 0 Å². The molecule has 0 atom stereocenters. The standard InChI is InChI=1S/C13H14N.CHO2.W/c1-2-11-6-3-4-7-12(11)10-13-8-5-9-14-13;2-1-3;/h3-8,14H,2,10H2,1H3;(H,2,3);/q2*-1;+2. The van der Waals surface area contributed by atoms with E-state index < -0.39 is 0 Å². The smallest absolute Gasteiger partial charge is 0.665 e. The van der Waals surface area contributed by atoms with E-state index in [2.05, 4.69) is 48.4 Å². The van der Waals surface area contributed by atoms with Crippen LogP contribution in [0, 0.1) is 6.20 Å². The third kappa shape index (κ3) is 5.33. The fraction of sp³-hybridized carbons (Fsp3) is 0.214. The molecule has 94 valence electrons. The molecule has 2 N–H and O–H groups in total. The number of aromatic amines is 1. The van der Waals surface area contributed by atoms with E-state index in [1.807, 2.05) is 6.07 Å². The molecule has 0 fully saturated rings. The molecule has 0 radical (unpaired) electrons. The van der Waals surface area contributed by atoms with Crippen molar-refractivity contribution in [3.05, 3.63) is 59.4 Å². The van der Waals surface area contributed by atoms with Crippen LogP contribution >= 0.6 is 0 Å². The predicted molar refractivity (Wildman–Crippen MR) is 66.6 cm³/mol. The fourth-order valence-corrected chi connectivity index (χ4v) is 1.70. The molecule has 18 heavy (non-hydrogen) atoms. The average molecular weight is 413 g/mol. The summed E-state index contributed by atoms with van der Waals surface area (Å²) in [5, 5.41) is 6.76. The molecule has 2 aromatic rings. The minimum Gasteiger partial charge on any atom is -0.665 e. The van der Waals surface area contributed by atoms with E-state index in [1.165, 1.54) is 16.8 Å². The topological polar surface area (TPSA) is 53.1 Å². The minimum atomic E-state index is 0. The Morgan fingerprint density at radius 2 is 1.89 bits per heavy atom. The first-order valence-electron chi connectivity index (χ1n) is 5.43. The molecule has 1 aromatic heterocycles. The van der Waals surface area contributed by atoms with Crippen molar-refractivity contribution in [2.75, 3.05) is 0 Å². The average Bonchev–Trinajstić information content (AvgIpc) is 2.84. The Kier molecular flexibility index (Phi) is 8.94. The molecule has 4 heteroatoms. The number of H-pyrrole nitrogens is 1. The van der Waals surface area contributed by atoms with Crippen LogP contribution in [-0.4, -0.2) is 16.6 Å². The molecule has 0 amide bonds. The first-order chi connectivity index (χ1) is 8.31. The summed E-state index contributed by atoms with van der Waals surface area (Å²) in [7, 11) is 0. The Hall–Kier alpha value is -1.34. The Morgan fingerprint density at radius 1 is 1.28 bits per heavy atom. The Labute approximate surface area is 122 Å². The summed E-state index contributed by atoms with van der Waals surface area (Å²) >= 11 is 0. The van der Waals surface area contributed by atoms with Crippen molar-refractivity contribution in [2.45, 2.75) is 19.8 Å². The minimum absolute atomic E-state index is 0. The molecule has 2 rings (SSSR count). The predicted octanol–water partition coefficient (Wildman–Crippen LogP) is 2.58. The normalized spacial score (nSPS) is 8.72. The van der Waals surface area contributed by atoms with Gasteiger partial charge >= 0.3 is 21.1 Å². The van der Waals surface area contributed by atoms with Gasteiger partial charge < -0.3 is 14.9 Å². The fourth-order valence-electron chi connectivity index (χ4n) is 1.70. The maximum absolute atomic E-state index is 8.24. The van der Waals surface area contributed by atoms with Gasteiger partial charge in [-0.25, -0.2) is 0 Å². The second-order valence-electron chi connectivity index (χ2n) is 3.52. The maximum atomic E-state index is 8.24. The molecule has 0 aliphatic heterocycles. The van der Waals surface area contributed by atoms with E-state index in [4.69, 9.17) is 9.90 Å². The molecule has 0 bridgehead atoms. The molecule has 0 aliphatic rings. The number of hydrogen-bond donors (Lipinski definition) is 2. The molecule has 0 saturated carbocycles. The van der Waals surface area contributed by atoms with Crippen LogP contribution in [0.3, 0.4) is 0 Å². The summed E-state index contributed by atoms with van der Waals surface area (Å²) in [5.41, 5.74) is 4.07. The van der Waals surface area contributed by atoms with Crippen molar-refractivity contribution in [3.8, 4) is 0 Å². The van der Waals surface area contributed by atoms with Gasteiger partial charge in [0, 0.05) is 0 Å². The van der Waals surface area contributed by atoms with Crippen LogP contribution < -0.4 is 0 Å². The third-order valence-corrected chi connectivity index (χ3v) is 2.48. The van der Waals surface area contributed by atoms with Crippen LogP contribution in [0.1, 0.15) is 23.7 Å². The zero-order chi connectivity index (χ0) is 12.5. The SMILES string of the molecule is CCc1ccccc1Cc1cc[c-][nH]1.O=[C-]O.[W+2]. The van der Waals surface area contributed by atoms with Crippen LogP contribution in [0.15, 0.2) is 36.4 Å². The maximum Gasteiger partial charge on any atom is 2.00 e. The number of aromatic nitrogens is 1. The van der Waals surface area contributed by atoms with Gasteiger partial charge in [0.05, 0.1) is 0 Å². The Balaban J connectivity index is 0.000000660. The van der Waals surface area contributed by atoms with E-state index in [1.54, 1.807) is 0 Å². The van der Waals surface area contributed by atoms with Gasteiger partial charge in [0.1, 0.15) is 0 Å². The number of aliphatic hydroxyl groups excluding tert-OH is 1. The summed E-state index contributed by atoms with van der Waals surface area (Å²) in [4.78, 5) is 11.3. The summed E-state index contributed by atoms with van der Waals surface area (Å²) in [5.74, 6) is 0. The molecule has 0 unspecified atom stereocenters. The number of hydrogen-bond acceptors (Lipinski definition) is 1. The van der Waals surface area contributed by atoms with Crippen LogP contribution in [0.4, 0.5) is 0 Å². The van der Waals surface area contributed by atoms with Crippen molar-refractivity contribution in [2.24, 2.45) is 0 Å². The molecule has 1 heterocycles. The molecule has 3 nitrogen and oxygen atoms in total. The molecule has 1 aromatic carbocycles. The number of rotatable bonds is 3. The summed E-state index contributed by atoms with van der Waals surface area (Å²) < 4.78 is 0. The van der Waals surface area contributed by atoms with Crippen LogP contribution in [0.5, 0.6) is 0 Å². The molecular formula is C14H15NO2W. The van der Waals surface area contributed by atoms with E-state index in [9.17, 15) is 0 Å². The van der Waals surface area contributed by atoms with Crippen LogP contribution in [-0.2, 0) is 38.7 Å². The molecular weight excluding hydrogens is 398 g/mol. The van der Waals surface area contributed by atoms with Gasteiger partial charge in [-0.2, -0.15) is 12.1 Å². The zero-order valence-electron chi connectivity index (χ0n) is 10.1. The summed E-state index contributed by atoms with van der Waals surface area (Å²) in [6.45, 7) is 2.69. The molecule has 0 aliphatic carbocycles. The van der Waals surface area contributed by atoms with Gasteiger partial charge in [-0.05, 0) is 18.4 Å². The van der Waals surface area contributed by atoms with Crippen molar-refractivity contribution >= 4 is 6.47 Å².